The van der Waals surface area contributed by atoms with Crippen molar-refractivity contribution < 1.29 is 29.3 Å². The van der Waals surface area contributed by atoms with Gasteiger partial charge in [-0.05, 0) is 0 Å². The number of carbonyl (C=O) groups is 2. The standard InChI is InChI=1S/C16H22N6O6/c1-8(24)21-14-11-15(19-6-18-14)22(7-20-11)16-13(12(26)9(5-23)28-16)27-4-3-10(25)17-2/h6-7,9,12-13,16,23,26H,3-5H2,1-2H3,(H,17,25)(H,18,19,21,24)/t9-,12-,13-,16-/m1/s1. The predicted molar refractivity (Wildman–Crippen MR) is 95.1 cm³/mol. The number of hydrogen-bond donors (Lipinski definition) is 4. The molecule has 0 saturated carbocycles. The highest BCUT2D eigenvalue weighted by Gasteiger charge is 2.46. The fourth-order valence-electron chi connectivity index (χ4n) is 2.98. The van der Waals surface area contributed by atoms with E-state index in [9.17, 15) is 19.8 Å². The van der Waals surface area contributed by atoms with E-state index >= 15 is 0 Å². The number of anilines is 1. The predicted octanol–water partition coefficient (Wildman–Crippen LogP) is -1.44. The van der Waals surface area contributed by atoms with Crippen molar-refractivity contribution >= 4 is 28.8 Å². The lowest BCUT2D eigenvalue weighted by Crippen LogP contribution is -2.36. The van der Waals surface area contributed by atoms with E-state index in [1.807, 2.05) is 0 Å². The quantitative estimate of drug-likeness (QED) is 0.440. The van der Waals surface area contributed by atoms with Gasteiger partial charge < -0.3 is 30.3 Å². The second kappa shape index (κ2) is 8.56. The van der Waals surface area contributed by atoms with Crippen LogP contribution in [0.5, 0.6) is 0 Å². The first-order valence-electron chi connectivity index (χ1n) is 8.68. The Hall–Kier alpha value is -2.67. The van der Waals surface area contributed by atoms with Crippen molar-refractivity contribution in [3.63, 3.8) is 0 Å². The number of aliphatic hydroxyl groups excluding tert-OH is 2. The molecule has 0 bridgehead atoms. The number of rotatable bonds is 7. The molecule has 28 heavy (non-hydrogen) atoms. The molecule has 2 aromatic rings. The Balaban J connectivity index is 1.88. The molecule has 12 heteroatoms. The molecule has 2 amide bonds. The first kappa shape index (κ1) is 20.1. The molecule has 152 valence electrons. The van der Waals surface area contributed by atoms with Gasteiger partial charge in [-0.1, -0.05) is 0 Å². The monoisotopic (exact) mass is 394 g/mol. The summed E-state index contributed by atoms with van der Waals surface area (Å²) in [5, 5.41) is 25.0. The molecule has 1 fully saturated rings. The SMILES string of the molecule is CNC(=O)CCO[C@@H]1[C@H](O)[C@@H](CO)O[C@H]1n1cnc2c(NC(C)=O)ncnc21. The summed E-state index contributed by atoms with van der Waals surface area (Å²) >= 11 is 0. The minimum Gasteiger partial charge on any atom is -0.394 e. The Kier molecular flexibility index (Phi) is 6.14. The van der Waals surface area contributed by atoms with Gasteiger partial charge in [0.15, 0.2) is 23.2 Å². The number of nitrogens with zero attached hydrogens (tertiary/aromatic N) is 4. The minimum absolute atomic E-state index is 0.0537. The third-order valence-electron chi connectivity index (χ3n) is 4.34. The molecule has 0 spiro atoms. The lowest BCUT2D eigenvalue weighted by atomic mass is 10.1. The second-order valence-corrected chi connectivity index (χ2v) is 6.22. The van der Waals surface area contributed by atoms with Gasteiger partial charge in [0.25, 0.3) is 0 Å². The smallest absolute Gasteiger partial charge is 0.222 e. The van der Waals surface area contributed by atoms with Crippen LogP contribution in [0, 0.1) is 0 Å². The molecule has 1 aliphatic rings. The number of ether oxygens (including phenoxy) is 2. The molecule has 1 saturated heterocycles. The Bertz CT molecular complexity index is 857. The normalized spacial score (nSPS) is 24.4. The molecule has 0 radical (unpaired) electrons. The van der Waals surface area contributed by atoms with E-state index in [0.29, 0.717) is 11.2 Å². The zero-order valence-electron chi connectivity index (χ0n) is 15.4. The Labute approximate surface area is 159 Å². The van der Waals surface area contributed by atoms with E-state index in [2.05, 4.69) is 25.6 Å². The van der Waals surface area contributed by atoms with E-state index < -0.39 is 31.1 Å². The number of fused-ring (bicyclic) bond motifs is 1. The zero-order chi connectivity index (χ0) is 20.3. The number of amides is 2. The van der Waals surface area contributed by atoms with Gasteiger partial charge in [0.1, 0.15) is 24.6 Å². The van der Waals surface area contributed by atoms with Crippen LogP contribution in [-0.2, 0) is 19.1 Å². The van der Waals surface area contributed by atoms with Crippen LogP contribution in [0.4, 0.5) is 5.82 Å². The summed E-state index contributed by atoms with van der Waals surface area (Å²) in [7, 11) is 1.52. The van der Waals surface area contributed by atoms with Crippen LogP contribution in [-0.4, -0.2) is 80.1 Å². The number of imidazole rings is 1. The highest BCUT2D eigenvalue weighted by atomic mass is 16.6. The van der Waals surface area contributed by atoms with Crippen LogP contribution in [0.1, 0.15) is 19.6 Å². The molecule has 4 atom stereocenters. The molecular formula is C16H22N6O6. The summed E-state index contributed by atoms with van der Waals surface area (Å²) in [6, 6.07) is 0. The van der Waals surface area contributed by atoms with Crippen molar-refractivity contribution in [3.05, 3.63) is 12.7 Å². The van der Waals surface area contributed by atoms with Gasteiger partial charge in [-0.3, -0.25) is 14.2 Å². The summed E-state index contributed by atoms with van der Waals surface area (Å²) in [6.07, 6.45) is -0.896. The van der Waals surface area contributed by atoms with Gasteiger partial charge in [-0.2, -0.15) is 0 Å². The van der Waals surface area contributed by atoms with E-state index in [0.717, 1.165) is 0 Å². The summed E-state index contributed by atoms with van der Waals surface area (Å²) in [5.41, 5.74) is 0.696. The van der Waals surface area contributed by atoms with Crippen molar-refractivity contribution in [3.8, 4) is 0 Å². The first-order valence-corrected chi connectivity index (χ1v) is 8.68. The van der Waals surface area contributed by atoms with E-state index in [4.69, 9.17) is 9.47 Å². The molecule has 4 N–H and O–H groups in total. The maximum atomic E-state index is 11.4. The van der Waals surface area contributed by atoms with Crippen molar-refractivity contribution in [2.45, 2.75) is 37.9 Å². The third-order valence-corrected chi connectivity index (χ3v) is 4.34. The number of aliphatic hydroxyl groups is 2. The molecule has 3 rings (SSSR count). The topological polar surface area (TPSA) is 161 Å². The van der Waals surface area contributed by atoms with Crippen LogP contribution < -0.4 is 10.6 Å². The van der Waals surface area contributed by atoms with Gasteiger partial charge in [-0.15, -0.1) is 0 Å². The molecule has 0 aliphatic carbocycles. The summed E-state index contributed by atoms with van der Waals surface area (Å²) in [4.78, 5) is 35.2. The lowest BCUT2D eigenvalue weighted by Gasteiger charge is -2.22. The van der Waals surface area contributed by atoms with Gasteiger partial charge in [-0.25, -0.2) is 15.0 Å². The molecule has 12 nitrogen and oxygen atoms in total. The average molecular weight is 394 g/mol. The summed E-state index contributed by atoms with van der Waals surface area (Å²) in [5.74, 6) is -0.270. The maximum absolute atomic E-state index is 11.4. The molecule has 0 unspecified atom stereocenters. The van der Waals surface area contributed by atoms with E-state index in [1.54, 1.807) is 0 Å². The van der Waals surface area contributed by atoms with Crippen molar-refractivity contribution in [1.29, 1.82) is 0 Å². The van der Waals surface area contributed by atoms with Crippen LogP contribution in [0.15, 0.2) is 12.7 Å². The highest BCUT2D eigenvalue weighted by Crippen LogP contribution is 2.34. The van der Waals surface area contributed by atoms with Gasteiger partial charge in [0, 0.05) is 20.4 Å². The molecule has 2 aromatic heterocycles. The summed E-state index contributed by atoms with van der Waals surface area (Å²) in [6.45, 7) is 0.993. The van der Waals surface area contributed by atoms with Crippen molar-refractivity contribution in [1.82, 2.24) is 24.8 Å². The first-order chi connectivity index (χ1) is 13.5. The molecule has 3 heterocycles. The Morgan fingerprint density at radius 2 is 2.14 bits per heavy atom. The van der Waals surface area contributed by atoms with E-state index in [-0.39, 0.29) is 30.7 Å². The second-order valence-electron chi connectivity index (χ2n) is 6.22. The lowest BCUT2D eigenvalue weighted by molar-refractivity contribution is -0.124. The van der Waals surface area contributed by atoms with Crippen LogP contribution in [0.25, 0.3) is 11.2 Å². The Morgan fingerprint density at radius 1 is 1.36 bits per heavy atom. The molecule has 1 aliphatic heterocycles. The van der Waals surface area contributed by atoms with Crippen molar-refractivity contribution in [2.75, 3.05) is 25.6 Å². The summed E-state index contributed by atoms with van der Waals surface area (Å²) < 4.78 is 13.0. The van der Waals surface area contributed by atoms with Gasteiger partial charge in [0.2, 0.25) is 11.8 Å². The Morgan fingerprint density at radius 3 is 2.82 bits per heavy atom. The fourth-order valence-corrected chi connectivity index (χ4v) is 2.98. The minimum atomic E-state index is -1.12. The zero-order valence-corrected chi connectivity index (χ0v) is 15.4. The number of nitrogens with one attached hydrogen (secondary N) is 2. The average Bonchev–Trinajstić information content (AvgIpc) is 3.23. The molecule has 0 aromatic carbocycles. The van der Waals surface area contributed by atoms with Crippen LogP contribution >= 0.6 is 0 Å². The van der Waals surface area contributed by atoms with Gasteiger partial charge >= 0.3 is 0 Å². The van der Waals surface area contributed by atoms with E-state index in [1.165, 1.54) is 31.2 Å². The van der Waals surface area contributed by atoms with Crippen LogP contribution in [0.3, 0.4) is 0 Å². The highest BCUT2D eigenvalue weighted by molar-refractivity contribution is 5.95. The maximum Gasteiger partial charge on any atom is 0.222 e. The number of hydrogen-bond acceptors (Lipinski definition) is 9. The van der Waals surface area contributed by atoms with Crippen molar-refractivity contribution in [2.24, 2.45) is 0 Å². The third kappa shape index (κ3) is 3.94. The fraction of sp³-hybridized carbons (Fsp3) is 0.562. The van der Waals surface area contributed by atoms with Crippen LogP contribution in [0.2, 0.25) is 0 Å². The largest absolute Gasteiger partial charge is 0.394 e. The van der Waals surface area contributed by atoms with Gasteiger partial charge in [0.05, 0.1) is 19.5 Å². The molecular weight excluding hydrogens is 372 g/mol. The number of aromatic nitrogens is 4. The number of carbonyl (C=O) groups excluding carboxylic acids is 2.